The summed E-state index contributed by atoms with van der Waals surface area (Å²) in [6, 6.07) is 8.50. The number of Topliss-reactive ketones (excluding diaryl/α,β-unsaturated/α-hetero) is 1. The molecule has 0 radical (unpaired) electrons. The molecule has 144 valence electrons. The molecule has 1 atom stereocenters. The fourth-order valence-corrected chi connectivity index (χ4v) is 2.07. The Morgan fingerprint density at radius 1 is 1.04 bits per heavy atom. The molecule has 1 aromatic rings. The van der Waals surface area contributed by atoms with Gasteiger partial charge in [-0.05, 0) is 18.1 Å². The molecule has 0 spiro atoms. The predicted octanol–water partition coefficient (Wildman–Crippen LogP) is 2.75. The highest BCUT2D eigenvalue weighted by atomic mass is 16.5. The third kappa shape index (κ3) is 7.25. The van der Waals surface area contributed by atoms with E-state index in [1.807, 2.05) is 30.3 Å². The molecule has 6 nitrogen and oxygen atoms in total. The molecule has 0 unspecified atom stereocenters. The normalized spacial score (nSPS) is 12.4. The lowest BCUT2D eigenvalue weighted by Gasteiger charge is -2.23. The Morgan fingerprint density at radius 3 is 2.19 bits per heavy atom. The van der Waals surface area contributed by atoms with Crippen molar-refractivity contribution in [1.82, 2.24) is 5.32 Å². The standard InChI is InChI=1S/C20H29NO5/c1-14(2)16(21-18(23)17(22)20(3,4)5)19(24)26-13-9-12-25-15-10-7-6-8-11-15/h6-8,10-11,14,16H,9,12-13H2,1-5H3,(H,21,23)/t16-/m0/s1. The average molecular weight is 363 g/mol. The second kappa shape index (κ2) is 9.94. The van der Waals surface area contributed by atoms with Crippen LogP contribution in [0.15, 0.2) is 30.3 Å². The summed E-state index contributed by atoms with van der Waals surface area (Å²) in [7, 11) is 0. The van der Waals surface area contributed by atoms with Crippen LogP contribution < -0.4 is 10.1 Å². The SMILES string of the molecule is CC(C)[C@H](NC(=O)C(=O)C(C)(C)C)C(=O)OCCCOc1ccccc1. The van der Waals surface area contributed by atoms with Crippen LogP contribution in [0, 0.1) is 11.3 Å². The van der Waals surface area contributed by atoms with Gasteiger partial charge in [0.05, 0.1) is 13.2 Å². The van der Waals surface area contributed by atoms with Crippen molar-refractivity contribution in [2.45, 2.75) is 47.1 Å². The number of carbonyl (C=O) groups is 3. The van der Waals surface area contributed by atoms with Crippen LogP contribution >= 0.6 is 0 Å². The van der Waals surface area contributed by atoms with Crippen molar-refractivity contribution in [1.29, 1.82) is 0 Å². The predicted molar refractivity (Wildman–Crippen MR) is 98.7 cm³/mol. The monoisotopic (exact) mass is 363 g/mol. The number of para-hydroxylation sites is 1. The van der Waals surface area contributed by atoms with E-state index in [2.05, 4.69) is 5.32 Å². The minimum absolute atomic E-state index is 0.179. The fraction of sp³-hybridized carbons (Fsp3) is 0.550. The van der Waals surface area contributed by atoms with E-state index in [0.717, 1.165) is 5.75 Å². The number of hydrogen-bond acceptors (Lipinski definition) is 5. The van der Waals surface area contributed by atoms with Gasteiger partial charge < -0.3 is 14.8 Å². The van der Waals surface area contributed by atoms with Gasteiger partial charge in [0.1, 0.15) is 11.8 Å². The molecule has 1 N–H and O–H groups in total. The number of esters is 1. The highest BCUT2D eigenvalue weighted by molar-refractivity contribution is 6.38. The van der Waals surface area contributed by atoms with E-state index in [1.165, 1.54) is 0 Å². The summed E-state index contributed by atoms with van der Waals surface area (Å²) in [5, 5.41) is 2.50. The lowest BCUT2D eigenvalue weighted by atomic mass is 9.90. The Morgan fingerprint density at radius 2 is 1.65 bits per heavy atom. The van der Waals surface area contributed by atoms with E-state index in [4.69, 9.17) is 9.47 Å². The van der Waals surface area contributed by atoms with Gasteiger partial charge in [-0.3, -0.25) is 9.59 Å². The highest BCUT2D eigenvalue weighted by Gasteiger charge is 2.33. The van der Waals surface area contributed by atoms with E-state index in [1.54, 1.807) is 34.6 Å². The number of benzene rings is 1. The summed E-state index contributed by atoms with van der Waals surface area (Å²) in [5.41, 5.74) is -0.801. The van der Waals surface area contributed by atoms with Crippen molar-refractivity contribution in [2.24, 2.45) is 11.3 Å². The number of rotatable bonds is 9. The zero-order valence-electron chi connectivity index (χ0n) is 16.2. The number of nitrogens with one attached hydrogen (secondary N) is 1. The summed E-state index contributed by atoms with van der Waals surface area (Å²) < 4.78 is 10.7. The first-order chi connectivity index (χ1) is 12.1. The summed E-state index contributed by atoms with van der Waals surface area (Å²) in [4.78, 5) is 36.3. The Labute approximate surface area is 155 Å². The second-order valence-electron chi connectivity index (χ2n) is 7.46. The maximum atomic E-state index is 12.2. The maximum absolute atomic E-state index is 12.2. The molecule has 0 saturated carbocycles. The van der Waals surface area contributed by atoms with Gasteiger partial charge in [-0.25, -0.2) is 4.79 Å². The summed E-state index contributed by atoms with van der Waals surface area (Å²) in [5.74, 6) is -1.31. The zero-order valence-corrected chi connectivity index (χ0v) is 16.2. The Bertz CT molecular complexity index is 604. The molecule has 1 aromatic carbocycles. The number of ether oxygens (including phenoxy) is 2. The van der Waals surface area contributed by atoms with Crippen LogP contribution in [0.2, 0.25) is 0 Å². The third-order valence-corrected chi connectivity index (χ3v) is 3.64. The molecule has 1 rings (SSSR count). The van der Waals surface area contributed by atoms with Crippen LogP contribution in [0.5, 0.6) is 5.75 Å². The summed E-state index contributed by atoms with van der Waals surface area (Å²) in [6.45, 7) is 9.13. The Balaban J connectivity index is 2.43. The highest BCUT2D eigenvalue weighted by Crippen LogP contribution is 2.15. The van der Waals surface area contributed by atoms with E-state index in [0.29, 0.717) is 13.0 Å². The quantitative estimate of drug-likeness (QED) is 0.414. The van der Waals surface area contributed by atoms with Gasteiger partial charge in [0.25, 0.3) is 5.91 Å². The topological polar surface area (TPSA) is 81.7 Å². The average Bonchev–Trinajstić information content (AvgIpc) is 2.58. The van der Waals surface area contributed by atoms with Crippen molar-refractivity contribution < 1.29 is 23.9 Å². The van der Waals surface area contributed by atoms with Crippen molar-refractivity contribution in [3.63, 3.8) is 0 Å². The van der Waals surface area contributed by atoms with Gasteiger partial charge in [0.2, 0.25) is 5.78 Å². The molecule has 0 aromatic heterocycles. The first-order valence-electron chi connectivity index (χ1n) is 8.82. The maximum Gasteiger partial charge on any atom is 0.328 e. The molecule has 0 aliphatic heterocycles. The minimum Gasteiger partial charge on any atom is -0.493 e. The smallest absolute Gasteiger partial charge is 0.328 e. The second-order valence-corrected chi connectivity index (χ2v) is 7.46. The fourth-order valence-electron chi connectivity index (χ4n) is 2.07. The molecular weight excluding hydrogens is 334 g/mol. The van der Waals surface area contributed by atoms with Gasteiger partial charge in [-0.2, -0.15) is 0 Å². The van der Waals surface area contributed by atoms with Crippen LogP contribution in [0.1, 0.15) is 41.0 Å². The zero-order chi connectivity index (χ0) is 19.7. The molecule has 0 aliphatic rings. The van der Waals surface area contributed by atoms with Crippen LogP contribution in [0.25, 0.3) is 0 Å². The molecule has 0 aliphatic carbocycles. The van der Waals surface area contributed by atoms with Crippen LogP contribution in [-0.2, 0) is 19.1 Å². The molecule has 26 heavy (non-hydrogen) atoms. The van der Waals surface area contributed by atoms with Gasteiger partial charge in [0.15, 0.2) is 0 Å². The Hall–Kier alpha value is -2.37. The number of amides is 1. The van der Waals surface area contributed by atoms with Gasteiger partial charge in [-0.15, -0.1) is 0 Å². The van der Waals surface area contributed by atoms with Gasteiger partial charge >= 0.3 is 5.97 Å². The number of hydrogen-bond donors (Lipinski definition) is 1. The van der Waals surface area contributed by atoms with Crippen molar-refractivity contribution in [3.05, 3.63) is 30.3 Å². The van der Waals surface area contributed by atoms with Crippen LogP contribution in [0.3, 0.4) is 0 Å². The lowest BCUT2D eigenvalue weighted by Crippen LogP contribution is -2.50. The Kier molecular flexibility index (Phi) is 8.29. The first-order valence-corrected chi connectivity index (χ1v) is 8.82. The third-order valence-electron chi connectivity index (χ3n) is 3.64. The lowest BCUT2D eigenvalue weighted by molar-refractivity contribution is -0.151. The molecule has 0 saturated heterocycles. The van der Waals surface area contributed by atoms with Crippen molar-refractivity contribution in [2.75, 3.05) is 13.2 Å². The van der Waals surface area contributed by atoms with Crippen molar-refractivity contribution in [3.8, 4) is 5.75 Å². The van der Waals surface area contributed by atoms with Gasteiger partial charge in [0, 0.05) is 11.8 Å². The van der Waals surface area contributed by atoms with E-state index in [9.17, 15) is 14.4 Å². The van der Waals surface area contributed by atoms with Crippen molar-refractivity contribution >= 4 is 17.7 Å². The number of carbonyl (C=O) groups excluding carboxylic acids is 3. The summed E-state index contributed by atoms with van der Waals surface area (Å²) in [6.07, 6.45) is 0.528. The molecule has 6 heteroatoms. The molecule has 0 heterocycles. The van der Waals surface area contributed by atoms with E-state index < -0.39 is 29.1 Å². The van der Waals surface area contributed by atoms with Crippen LogP contribution in [0.4, 0.5) is 0 Å². The molecule has 1 amide bonds. The van der Waals surface area contributed by atoms with Gasteiger partial charge in [-0.1, -0.05) is 52.8 Å². The van der Waals surface area contributed by atoms with E-state index in [-0.39, 0.29) is 12.5 Å². The van der Waals surface area contributed by atoms with Crippen LogP contribution in [-0.4, -0.2) is 36.9 Å². The number of ketones is 1. The van der Waals surface area contributed by atoms with E-state index >= 15 is 0 Å². The largest absolute Gasteiger partial charge is 0.493 e. The minimum atomic E-state index is -0.858. The summed E-state index contributed by atoms with van der Waals surface area (Å²) >= 11 is 0. The molecule has 0 bridgehead atoms. The molecule has 0 fully saturated rings. The molecular formula is C20H29NO5. The first kappa shape index (κ1) is 21.7.